The molecule has 1 radical (unpaired) electrons. The molecule has 5 heteroatoms. The number of hydrogen-bond acceptors (Lipinski definition) is 4. The van der Waals surface area contributed by atoms with Gasteiger partial charge in [0.1, 0.15) is 4.83 Å². The quantitative estimate of drug-likeness (QED) is 0.160. The molecule has 0 saturated carbocycles. The fourth-order valence-corrected chi connectivity index (χ4v) is 4.50. The van der Waals surface area contributed by atoms with E-state index in [0.29, 0.717) is 39.3 Å². The molecule has 0 unspecified atom stereocenters. The predicted octanol–water partition coefficient (Wildman–Crippen LogP) is 8.50. The number of aryl methyl sites for hydroxylation is 2. The number of hydrogen-bond donors (Lipinski definition) is 0. The van der Waals surface area contributed by atoms with Gasteiger partial charge in [-0.25, -0.2) is 4.98 Å². The van der Waals surface area contributed by atoms with Gasteiger partial charge < -0.3 is 9.98 Å². The van der Waals surface area contributed by atoms with Crippen molar-refractivity contribution in [3.63, 3.8) is 0 Å². The van der Waals surface area contributed by atoms with Crippen LogP contribution in [0.5, 0.6) is 0 Å². The number of allylic oxidation sites excluding steroid dienone is 5. The van der Waals surface area contributed by atoms with Crippen LogP contribution in [0, 0.1) is 26.2 Å². The van der Waals surface area contributed by atoms with Crippen LogP contribution in [-0.2, 0) is 20.1 Å². The molecule has 0 fully saturated rings. The largest absolute Gasteiger partial charge is 0.320 e. The molecule has 185 valence electrons. The molecule has 0 spiro atoms. The summed E-state index contributed by atoms with van der Waals surface area (Å²) in [6, 6.07) is 12.8. The van der Waals surface area contributed by atoms with E-state index in [0.717, 1.165) is 29.1 Å². The van der Waals surface area contributed by atoms with Crippen molar-refractivity contribution < 1.29 is 39.3 Å². The first-order valence-electron chi connectivity index (χ1n) is 17.6. The van der Waals surface area contributed by atoms with Crippen LogP contribution in [-0.4, -0.2) is 16.2 Å². The Balaban J connectivity index is 0.000000283. The van der Waals surface area contributed by atoms with Gasteiger partial charge >= 0.3 is 0 Å². The molecule has 1 aromatic carbocycles. The van der Waals surface area contributed by atoms with Crippen molar-refractivity contribution in [3.05, 3.63) is 114 Å². The van der Waals surface area contributed by atoms with Crippen LogP contribution in [0.3, 0.4) is 0 Å². The monoisotopic (exact) mass is 682 g/mol. The molecule has 3 aromatic heterocycles. The van der Waals surface area contributed by atoms with Crippen molar-refractivity contribution in [1.29, 1.82) is 0 Å². The second kappa shape index (κ2) is 12.2. The second-order valence-corrected chi connectivity index (χ2v) is 8.50. The van der Waals surface area contributed by atoms with E-state index in [9.17, 15) is 0 Å². The average Bonchev–Trinajstić information content (AvgIpc) is 3.40. The van der Waals surface area contributed by atoms with E-state index in [4.69, 9.17) is 19.2 Å². The average molecular weight is 682 g/mol. The van der Waals surface area contributed by atoms with Crippen LogP contribution in [0.15, 0.2) is 84.0 Å². The molecule has 0 amide bonds. The molecule has 0 atom stereocenters. The molecular weight excluding hydrogens is 639 g/mol. The minimum absolute atomic E-state index is 0. The van der Waals surface area contributed by atoms with E-state index in [-0.39, 0.29) is 42.6 Å². The minimum atomic E-state index is -2.48. The van der Waals surface area contributed by atoms with E-state index in [1.807, 2.05) is 6.07 Å². The van der Waals surface area contributed by atoms with E-state index < -0.39 is 27.4 Å². The number of aromatic nitrogens is 2. The van der Waals surface area contributed by atoms with Gasteiger partial charge in [-0.3, -0.25) is 0 Å². The minimum Gasteiger partial charge on any atom is -0.320 e. The zero-order valence-electron chi connectivity index (χ0n) is 32.8. The molecule has 5 rings (SSSR count). The number of thiophene rings is 1. The molecule has 4 aromatic rings. The number of fused-ring (bicyclic) bond motifs is 3. The number of aliphatic imine (C=N–C) groups is 1. The Morgan fingerprint density at radius 1 is 1.17 bits per heavy atom. The van der Waals surface area contributed by atoms with Crippen molar-refractivity contribution in [1.82, 2.24) is 9.97 Å². The molecule has 0 bridgehead atoms. The maximum atomic E-state index is 7.69. The van der Waals surface area contributed by atoms with Crippen molar-refractivity contribution in [2.75, 3.05) is 0 Å². The Bertz CT molecular complexity index is 1980. The molecule has 0 saturated heterocycles. The summed E-state index contributed by atoms with van der Waals surface area (Å²) in [4.78, 5) is 13.0. The van der Waals surface area contributed by atoms with Crippen LogP contribution in [0.4, 0.5) is 0 Å². The van der Waals surface area contributed by atoms with Gasteiger partial charge in [-0.15, -0.1) is 36.4 Å². The van der Waals surface area contributed by atoms with E-state index in [1.54, 1.807) is 36.8 Å². The third-order valence-electron chi connectivity index (χ3n) is 4.96. The third-order valence-corrected chi connectivity index (χ3v) is 6.10. The van der Waals surface area contributed by atoms with Crippen LogP contribution in [0.1, 0.15) is 61.8 Å². The van der Waals surface area contributed by atoms with Crippen LogP contribution < -0.4 is 0 Å². The van der Waals surface area contributed by atoms with Gasteiger partial charge in [-0.2, -0.15) is 29.4 Å². The van der Waals surface area contributed by atoms with Crippen LogP contribution in [0.25, 0.3) is 31.6 Å². The molecule has 3 heterocycles. The summed E-state index contributed by atoms with van der Waals surface area (Å²) in [6.07, 6.45) is 7.81. The maximum absolute atomic E-state index is 7.69. The number of pyridine rings is 2. The van der Waals surface area contributed by atoms with Crippen molar-refractivity contribution in [2.24, 2.45) is 4.99 Å². The molecule has 0 aliphatic heterocycles. The van der Waals surface area contributed by atoms with E-state index >= 15 is 0 Å². The topological polar surface area (TPSA) is 38.1 Å². The fraction of sp³-hybridized carbons (Fsp3) is 0.161. The Morgan fingerprint density at radius 2 is 2.14 bits per heavy atom. The second-order valence-electron chi connectivity index (χ2n) is 7.50. The smallest absolute Gasteiger partial charge is 0.113 e. The standard InChI is InChI=1S/C18H15N2S.C13H14N.Ir/c1-11(2)10-19-13(4)14-6-5-7-15-16-9-8-12(3)20-18(16)21-17(14)15;1-10-3-6-12(7-4-10)13-8-5-11(2)9-14-13;/h5,7-10H,1,4H2,2-3H3;3,5-9H,4H2,1-2H3;/q2*-1;/i1D,2D3,3D3,4D;1D3,2D3;. The molecule has 1 aliphatic rings. The zero-order valence-corrected chi connectivity index (χ0v) is 22.0. The summed E-state index contributed by atoms with van der Waals surface area (Å²) >= 11 is 1.25. The Hall–Kier alpha value is -3.11. The van der Waals surface area contributed by atoms with Gasteiger partial charge in [0.15, 0.2) is 0 Å². The first kappa shape index (κ1) is 14.0. The fourth-order valence-electron chi connectivity index (χ4n) is 3.32. The molecule has 1 aliphatic carbocycles. The van der Waals surface area contributed by atoms with Crippen molar-refractivity contribution in [2.45, 2.75) is 33.8 Å². The normalized spacial score (nSPS) is 21.1. The summed E-state index contributed by atoms with van der Waals surface area (Å²) in [6.45, 7) is -7.34. The Labute approximate surface area is 251 Å². The van der Waals surface area contributed by atoms with Gasteiger partial charge in [-0.1, -0.05) is 42.1 Å². The van der Waals surface area contributed by atoms with Gasteiger partial charge in [0.05, 0.1) is 1.37 Å². The van der Waals surface area contributed by atoms with Crippen molar-refractivity contribution >= 4 is 49.1 Å². The third kappa shape index (κ3) is 6.55. The predicted molar refractivity (Wildman–Crippen MR) is 153 cm³/mol. The van der Waals surface area contributed by atoms with Gasteiger partial charge in [0.25, 0.3) is 0 Å². The van der Waals surface area contributed by atoms with E-state index in [1.165, 1.54) is 29.7 Å². The number of nitrogens with zero attached hydrogens (tertiary/aromatic N) is 3. The molecular formula is C31H29IrN3S-2. The van der Waals surface area contributed by atoms with Crippen molar-refractivity contribution in [3.8, 4) is 0 Å². The molecule has 0 N–H and O–H groups in total. The van der Waals surface area contributed by atoms with Crippen LogP contribution >= 0.6 is 11.3 Å². The summed E-state index contributed by atoms with van der Waals surface area (Å²) in [5, 5.41) is 1.58. The van der Waals surface area contributed by atoms with Gasteiger partial charge in [0, 0.05) is 56.0 Å². The Kier molecular flexibility index (Phi) is 4.75. The van der Waals surface area contributed by atoms with E-state index in [2.05, 4.69) is 21.0 Å². The first-order chi connectivity index (χ1) is 22.7. The summed E-state index contributed by atoms with van der Waals surface area (Å²) in [5.41, 5.74) is 2.40. The Morgan fingerprint density at radius 3 is 2.83 bits per heavy atom. The zero-order chi connectivity index (χ0) is 36.4. The van der Waals surface area contributed by atoms with Gasteiger partial charge in [0.2, 0.25) is 0 Å². The number of rotatable bonds is 4. The number of benzene rings is 1. The summed E-state index contributed by atoms with van der Waals surface area (Å²) in [7, 11) is 0. The SMILES string of the molecule is [2H]C([2H])([2H])C1=CC=C(c2ccc(C([2H])([2H])[2H])cn2)[CH-]C1.[2H]C=C(N=CC(=C[2H])C([2H])([2H])[2H])c1[c-]ccc2c1sc1nc(C([2H])([2H])[2H])ccc12.[Ir]. The summed E-state index contributed by atoms with van der Waals surface area (Å²) < 4.78 is 104. The maximum Gasteiger partial charge on any atom is 0.113 e. The first-order valence-corrected chi connectivity index (χ1v) is 11.2. The van der Waals surface area contributed by atoms with Gasteiger partial charge in [-0.05, 0) is 66.1 Å². The summed E-state index contributed by atoms with van der Waals surface area (Å²) in [5.74, 6) is 0. The van der Waals surface area contributed by atoms with Crippen LogP contribution in [0.2, 0.25) is 0 Å². The molecule has 36 heavy (non-hydrogen) atoms. The molecule has 3 nitrogen and oxygen atoms in total.